The fraction of sp³-hybridized carbons (Fsp3) is 0.231. The number of hydrogen-bond acceptors (Lipinski definition) is 5. The zero-order chi connectivity index (χ0) is 33.5. The summed E-state index contributed by atoms with van der Waals surface area (Å²) in [5.41, 5.74) is 1.87. The van der Waals surface area contributed by atoms with E-state index in [0.717, 1.165) is 5.57 Å². The summed E-state index contributed by atoms with van der Waals surface area (Å²) in [6, 6.07) is 27.9. The van der Waals surface area contributed by atoms with Gasteiger partial charge >= 0.3 is 0 Å². The number of carbonyl (C=O) groups is 4. The minimum atomic E-state index is -1.46. The Morgan fingerprint density at radius 2 is 1.46 bits per heavy atom. The quantitative estimate of drug-likeness (QED) is 0.180. The lowest BCUT2D eigenvalue weighted by molar-refractivity contribution is -0.127. The number of phenols is 1. The zero-order valence-electron chi connectivity index (χ0n) is 25.8. The molecule has 4 amide bonds. The van der Waals surface area contributed by atoms with Crippen molar-refractivity contribution in [3.63, 3.8) is 0 Å². The summed E-state index contributed by atoms with van der Waals surface area (Å²) < 4.78 is 0. The first-order valence-electron chi connectivity index (χ1n) is 16.0. The minimum Gasteiger partial charge on any atom is -0.507 e. The largest absolute Gasteiger partial charge is 0.507 e. The van der Waals surface area contributed by atoms with Crippen molar-refractivity contribution >= 4 is 58.2 Å². The lowest BCUT2D eigenvalue weighted by Crippen LogP contribution is -2.53. The molecule has 1 saturated carbocycles. The number of amides is 4. The molecule has 2 aliphatic heterocycles. The van der Waals surface area contributed by atoms with E-state index in [2.05, 4.69) is 0 Å². The van der Waals surface area contributed by atoms with Crippen LogP contribution in [0.3, 0.4) is 0 Å². The number of carbonyl (C=O) groups excluding carboxylic acids is 4. The predicted molar refractivity (Wildman–Crippen MR) is 183 cm³/mol. The van der Waals surface area contributed by atoms with Gasteiger partial charge in [0.05, 0.1) is 34.5 Å². The van der Waals surface area contributed by atoms with E-state index in [0.29, 0.717) is 38.1 Å². The number of phenolic OH excluding ortho intramolecular Hbond substituents is 1. The monoisotopic (exact) mass is 676 g/mol. The molecule has 4 aliphatic rings. The van der Waals surface area contributed by atoms with Gasteiger partial charge in [-0.05, 0) is 79.3 Å². The number of rotatable bonds is 4. The van der Waals surface area contributed by atoms with Crippen LogP contribution < -0.4 is 9.80 Å². The Kier molecular flexibility index (Phi) is 7.13. The summed E-state index contributed by atoms with van der Waals surface area (Å²) in [6.45, 7) is 1.79. The number of nitrogens with zero attached hydrogens (tertiary/aromatic N) is 2. The Bertz CT molecular complexity index is 2060. The number of allylic oxidation sites excluding steroid dienone is 2. The van der Waals surface area contributed by atoms with Crippen LogP contribution in [0.2, 0.25) is 10.0 Å². The summed E-state index contributed by atoms with van der Waals surface area (Å²) in [6.07, 6.45) is 2.43. The van der Waals surface area contributed by atoms with Crippen LogP contribution in [-0.4, -0.2) is 28.7 Å². The molecule has 4 aromatic carbocycles. The van der Waals surface area contributed by atoms with E-state index in [1.807, 2.05) is 42.5 Å². The first-order valence-corrected chi connectivity index (χ1v) is 16.7. The molecule has 0 radical (unpaired) electrons. The van der Waals surface area contributed by atoms with Gasteiger partial charge in [-0.3, -0.25) is 24.1 Å². The molecule has 2 saturated heterocycles. The molecular formula is C39H30Cl2N2O5. The van der Waals surface area contributed by atoms with E-state index < -0.39 is 46.8 Å². The molecule has 0 spiro atoms. The third-order valence-corrected chi connectivity index (χ3v) is 11.3. The van der Waals surface area contributed by atoms with Crippen LogP contribution in [-0.2, 0) is 24.6 Å². The third-order valence-electron chi connectivity index (χ3n) is 10.8. The van der Waals surface area contributed by atoms with Gasteiger partial charge in [-0.25, -0.2) is 4.90 Å². The average Bonchev–Trinajstić information content (AvgIpc) is 3.47. The van der Waals surface area contributed by atoms with Gasteiger partial charge in [0.1, 0.15) is 5.75 Å². The molecule has 240 valence electrons. The Hall–Kier alpha value is -4.72. The third kappa shape index (κ3) is 4.20. The van der Waals surface area contributed by atoms with Crippen LogP contribution in [0.25, 0.3) is 0 Å². The Balaban J connectivity index is 1.36. The van der Waals surface area contributed by atoms with Crippen molar-refractivity contribution in [2.45, 2.75) is 31.1 Å². The van der Waals surface area contributed by atoms with Gasteiger partial charge in [-0.1, -0.05) is 89.4 Å². The Labute approximate surface area is 287 Å². The molecule has 1 N–H and O–H groups in total. The highest BCUT2D eigenvalue weighted by Crippen LogP contribution is 2.65. The van der Waals surface area contributed by atoms with Gasteiger partial charge in [-0.2, -0.15) is 0 Å². The van der Waals surface area contributed by atoms with Gasteiger partial charge < -0.3 is 5.11 Å². The minimum absolute atomic E-state index is 0.0262. The summed E-state index contributed by atoms with van der Waals surface area (Å²) in [5.74, 6) is -5.09. The van der Waals surface area contributed by atoms with Gasteiger partial charge in [0, 0.05) is 21.5 Å². The highest BCUT2D eigenvalue weighted by atomic mass is 35.5. The summed E-state index contributed by atoms with van der Waals surface area (Å²) in [4.78, 5) is 60.8. The molecule has 7 nitrogen and oxygen atoms in total. The lowest BCUT2D eigenvalue weighted by Gasteiger charge is -2.50. The smallest absolute Gasteiger partial charge is 0.246 e. The molecule has 8 rings (SSSR count). The number of anilines is 2. The van der Waals surface area contributed by atoms with Crippen molar-refractivity contribution in [2.24, 2.45) is 23.7 Å². The second kappa shape index (κ2) is 11.2. The second-order valence-corrected chi connectivity index (χ2v) is 14.0. The number of aromatic hydroxyl groups is 1. The van der Waals surface area contributed by atoms with Gasteiger partial charge in [0.2, 0.25) is 23.6 Å². The van der Waals surface area contributed by atoms with E-state index >= 15 is 4.79 Å². The first-order chi connectivity index (χ1) is 23.1. The maximum absolute atomic E-state index is 15.3. The van der Waals surface area contributed by atoms with Crippen LogP contribution >= 0.6 is 23.2 Å². The molecule has 0 bridgehead atoms. The van der Waals surface area contributed by atoms with Crippen molar-refractivity contribution < 1.29 is 24.3 Å². The van der Waals surface area contributed by atoms with Crippen molar-refractivity contribution in [3.8, 4) is 5.75 Å². The molecule has 2 heterocycles. The number of aryl methyl sites for hydroxylation is 1. The summed E-state index contributed by atoms with van der Waals surface area (Å²) in [7, 11) is 0. The van der Waals surface area contributed by atoms with E-state index in [-0.39, 0.29) is 30.4 Å². The number of imide groups is 2. The molecule has 4 aromatic rings. The topological polar surface area (TPSA) is 95.0 Å². The zero-order valence-corrected chi connectivity index (χ0v) is 27.4. The molecule has 48 heavy (non-hydrogen) atoms. The van der Waals surface area contributed by atoms with E-state index in [9.17, 15) is 19.5 Å². The van der Waals surface area contributed by atoms with Crippen LogP contribution in [0.4, 0.5) is 11.4 Å². The fourth-order valence-corrected chi connectivity index (χ4v) is 9.16. The summed E-state index contributed by atoms with van der Waals surface area (Å²) in [5, 5.41) is 12.6. The second-order valence-electron chi connectivity index (χ2n) is 13.1. The average molecular weight is 678 g/mol. The van der Waals surface area contributed by atoms with Crippen molar-refractivity contribution in [2.75, 3.05) is 9.80 Å². The normalized spacial score (nSPS) is 27.9. The van der Waals surface area contributed by atoms with Crippen LogP contribution in [0.5, 0.6) is 5.75 Å². The van der Waals surface area contributed by atoms with Crippen molar-refractivity contribution in [3.05, 3.63) is 135 Å². The van der Waals surface area contributed by atoms with Crippen LogP contribution in [0, 0.1) is 30.6 Å². The summed E-state index contributed by atoms with van der Waals surface area (Å²) >= 11 is 12.5. The van der Waals surface area contributed by atoms with Crippen molar-refractivity contribution in [1.82, 2.24) is 0 Å². The maximum Gasteiger partial charge on any atom is 0.246 e. The molecule has 9 heteroatoms. The molecule has 0 unspecified atom stereocenters. The predicted octanol–water partition coefficient (Wildman–Crippen LogP) is 7.37. The molecule has 0 aromatic heterocycles. The van der Waals surface area contributed by atoms with Crippen molar-refractivity contribution in [1.29, 1.82) is 0 Å². The lowest BCUT2D eigenvalue weighted by atomic mass is 9.49. The van der Waals surface area contributed by atoms with Gasteiger partial charge in [0.25, 0.3) is 0 Å². The van der Waals surface area contributed by atoms with Gasteiger partial charge in [0.15, 0.2) is 0 Å². The highest BCUT2D eigenvalue weighted by Gasteiger charge is 2.70. The van der Waals surface area contributed by atoms with Gasteiger partial charge in [-0.15, -0.1) is 0 Å². The number of para-hydroxylation sites is 1. The Morgan fingerprint density at radius 3 is 2.19 bits per heavy atom. The number of halogens is 2. The first kappa shape index (κ1) is 30.6. The highest BCUT2D eigenvalue weighted by molar-refractivity contribution is 6.32. The standard InChI is InChI=1S/C39H30Cl2N2O5/c1-21-7-5-12-29(34(21)44)33-27-17-18-28-32(37(47)42(35(28)45)25-15-13-23(40)14-16-25)30(27)20-31-36(46)43(26-11-6-10-24(41)19-26)38(48)39(31,33)22-8-3-2-4-9-22/h2-17,19,28,30-33,44H,18,20H2,1H3/t28-,30+,31-,32-,33+,39+/m0/s1. The van der Waals surface area contributed by atoms with E-state index in [4.69, 9.17) is 23.2 Å². The van der Waals surface area contributed by atoms with E-state index in [1.54, 1.807) is 67.6 Å². The Morgan fingerprint density at radius 1 is 0.729 bits per heavy atom. The number of benzene rings is 4. The molecule has 3 fully saturated rings. The van der Waals surface area contributed by atoms with Crippen LogP contribution in [0.15, 0.2) is 109 Å². The molecular weight excluding hydrogens is 647 g/mol. The number of hydrogen-bond donors (Lipinski definition) is 1. The SMILES string of the molecule is Cc1cccc([C@H]2C3=CC[C@@H]4C(=O)N(c5ccc(Cl)cc5)C(=O)[C@@H]4[C@@H]3C[C@H]3C(=O)N(c4cccc(Cl)c4)C(=O)[C@@]23c2ccccc2)c1O. The number of fused-ring (bicyclic) bond motifs is 4. The molecule has 6 atom stereocenters. The molecule has 2 aliphatic carbocycles. The maximum atomic E-state index is 15.3. The van der Waals surface area contributed by atoms with E-state index in [1.165, 1.54) is 9.80 Å². The van der Waals surface area contributed by atoms with Crippen LogP contribution in [0.1, 0.15) is 35.4 Å². The fourth-order valence-electron chi connectivity index (χ4n) is 8.85.